The Bertz CT molecular complexity index is 296. The van der Waals surface area contributed by atoms with Gasteiger partial charge in [-0.25, -0.2) is 5.43 Å². The smallest absolute Gasteiger partial charge is 0.271 e. The third kappa shape index (κ3) is 2.70. The number of nitrogens with two attached hydrogens (primary N) is 1. The van der Waals surface area contributed by atoms with Crippen LogP contribution in [-0.2, 0) is 0 Å². The fraction of sp³-hybridized carbons (Fsp3) is 0.250. The second-order valence-corrected chi connectivity index (χ2v) is 3.61. The van der Waals surface area contributed by atoms with E-state index in [0.29, 0.717) is 0 Å². The van der Waals surface area contributed by atoms with Gasteiger partial charge in [-0.15, -0.1) is 0 Å². The number of alkyl halides is 3. The van der Waals surface area contributed by atoms with Gasteiger partial charge in [-0.05, 0) is 17.7 Å². The summed E-state index contributed by atoms with van der Waals surface area (Å²) in [5, 5.41) is 0. The second-order valence-electron chi connectivity index (χ2n) is 2.69. The van der Waals surface area contributed by atoms with Gasteiger partial charge in [0.25, 0.3) is 0 Å². The summed E-state index contributed by atoms with van der Waals surface area (Å²) in [6.07, 6.45) is -4.39. The molecule has 0 amide bonds. The van der Waals surface area contributed by atoms with Crippen LogP contribution >= 0.6 is 15.9 Å². The summed E-state index contributed by atoms with van der Waals surface area (Å²) in [6, 6.07) is 3.97. The van der Waals surface area contributed by atoms with Gasteiger partial charge in [0.2, 0.25) is 0 Å². The molecule has 0 bridgehead atoms. The average Bonchev–Trinajstić information content (AvgIpc) is 2.07. The molecule has 6 heteroatoms. The van der Waals surface area contributed by atoms with E-state index < -0.39 is 12.2 Å². The van der Waals surface area contributed by atoms with Gasteiger partial charge in [0.15, 0.2) is 0 Å². The fourth-order valence-electron chi connectivity index (χ4n) is 1.03. The van der Waals surface area contributed by atoms with Crippen molar-refractivity contribution in [3.05, 3.63) is 34.3 Å². The molecule has 3 N–H and O–H groups in total. The van der Waals surface area contributed by atoms with Crippen LogP contribution in [0.3, 0.4) is 0 Å². The zero-order valence-corrected chi connectivity index (χ0v) is 8.56. The van der Waals surface area contributed by atoms with Crippen molar-refractivity contribution in [2.75, 3.05) is 0 Å². The van der Waals surface area contributed by atoms with Crippen molar-refractivity contribution in [2.45, 2.75) is 12.2 Å². The van der Waals surface area contributed by atoms with Crippen LogP contribution in [0, 0.1) is 0 Å². The van der Waals surface area contributed by atoms with E-state index in [9.17, 15) is 13.2 Å². The highest BCUT2D eigenvalue weighted by Gasteiger charge is 2.39. The largest absolute Gasteiger partial charge is 0.409 e. The average molecular weight is 269 g/mol. The summed E-state index contributed by atoms with van der Waals surface area (Å²) < 4.78 is 37.8. The van der Waals surface area contributed by atoms with Crippen molar-refractivity contribution >= 4 is 15.9 Å². The first-order valence-corrected chi connectivity index (χ1v) is 4.52. The Hall–Kier alpha value is -0.590. The van der Waals surface area contributed by atoms with Gasteiger partial charge >= 0.3 is 6.18 Å². The molecule has 1 unspecified atom stereocenters. The summed E-state index contributed by atoms with van der Waals surface area (Å²) in [5.41, 5.74) is 1.82. The number of halogens is 4. The summed E-state index contributed by atoms with van der Waals surface area (Å²) in [4.78, 5) is 0. The van der Waals surface area contributed by atoms with Gasteiger partial charge < -0.3 is 0 Å². The first kappa shape index (κ1) is 11.5. The fourth-order valence-corrected chi connectivity index (χ4v) is 1.30. The zero-order chi connectivity index (χ0) is 10.8. The summed E-state index contributed by atoms with van der Waals surface area (Å²) >= 11 is 3.13. The third-order valence-corrected chi connectivity index (χ3v) is 2.23. The molecule has 0 aliphatic carbocycles. The number of hydrogen-bond donors (Lipinski definition) is 2. The highest BCUT2D eigenvalue weighted by molar-refractivity contribution is 9.10. The van der Waals surface area contributed by atoms with Crippen LogP contribution in [0.4, 0.5) is 13.2 Å². The summed E-state index contributed by atoms with van der Waals surface area (Å²) in [7, 11) is 0. The molecule has 14 heavy (non-hydrogen) atoms. The van der Waals surface area contributed by atoms with Gasteiger partial charge in [-0.3, -0.25) is 5.84 Å². The third-order valence-electron chi connectivity index (χ3n) is 1.70. The van der Waals surface area contributed by atoms with E-state index in [0.717, 1.165) is 4.47 Å². The lowest BCUT2D eigenvalue weighted by Gasteiger charge is -2.19. The Kier molecular flexibility index (Phi) is 3.52. The molecule has 2 nitrogen and oxygen atoms in total. The van der Waals surface area contributed by atoms with E-state index in [2.05, 4.69) is 15.9 Å². The van der Waals surface area contributed by atoms with E-state index in [4.69, 9.17) is 5.84 Å². The molecule has 0 heterocycles. The lowest BCUT2D eigenvalue weighted by molar-refractivity contribution is -0.157. The Morgan fingerprint density at radius 1 is 1.21 bits per heavy atom. The molecule has 0 aliphatic rings. The number of hydrogen-bond acceptors (Lipinski definition) is 2. The van der Waals surface area contributed by atoms with E-state index >= 15 is 0 Å². The standard InChI is InChI=1S/C8H8BrF3N2/c9-6-3-1-5(2-4-6)7(14-13)8(10,11)12/h1-4,7,14H,13H2. The van der Waals surface area contributed by atoms with E-state index in [1.54, 1.807) is 5.43 Å². The van der Waals surface area contributed by atoms with E-state index in [-0.39, 0.29) is 5.56 Å². The van der Waals surface area contributed by atoms with Gasteiger partial charge in [-0.1, -0.05) is 28.1 Å². The van der Waals surface area contributed by atoms with E-state index in [1.807, 2.05) is 0 Å². The number of benzene rings is 1. The second kappa shape index (κ2) is 4.29. The van der Waals surface area contributed by atoms with Crippen molar-refractivity contribution in [2.24, 2.45) is 5.84 Å². The van der Waals surface area contributed by atoms with E-state index in [1.165, 1.54) is 24.3 Å². The van der Waals surface area contributed by atoms with Crippen molar-refractivity contribution in [3.63, 3.8) is 0 Å². The predicted molar refractivity (Wildman–Crippen MR) is 50.3 cm³/mol. The zero-order valence-electron chi connectivity index (χ0n) is 6.98. The molecule has 1 aromatic rings. The predicted octanol–water partition coefficient (Wildman–Crippen LogP) is 2.52. The van der Waals surface area contributed by atoms with Crippen LogP contribution in [0.5, 0.6) is 0 Å². The van der Waals surface area contributed by atoms with Crippen molar-refractivity contribution in [1.82, 2.24) is 5.43 Å². The molecule has 1 aromatic carbocycles. The van der Waals surface area contributed by atoms with Crippen molar-refractivity contribution in [1.29, 1.82) is 0 Å². The van der Waals surface area contributed by atoms with Crippen LogP contribution in [0.15, 0.2) is 28.7 Å². The molecule has 1 rings (SSSR count). The van der Waals surface area contributed by atoms with Crippen LogP contribution in [0.25, 0.3) is 0 Å². The van der Waals surface area contributed by atoms with Gasteiger partial charge in [0.05, 0.1) is 0 Å². The summed E-state index contributed by atoms with van der Waals surface area (Å²) in [6.45, 7) is 0. The first-order valence-electron chi connectivity index (χ1n) is 3.73. The molecule has 0 spiro atoms. The lowest BCUT2D eigenvalue weighted by Crippen LogP contribution is -2.38. The van der Waals surface area contributed by atoms with Crippen LogP contribution < -0.4 is 11.3 Å². The molecule has 0 radical (unpaired) electrons. The lowest BCUT2D eigenvalue weighted by atomic mass is 10.1. The maximum atomic E-state index is 12.4. The van der Waals surface area contributed by atoms with Crippen molar-refractivity contribution < 1.29 is 13.2 Å². The summed E-state index contributed by atoms with van der Waals surface area (Å²) in [5.74, 6) is 4.85. The molecule has 0 fully saturated rings. The number of rotatable bonds is 2. The minimum Gasteiger partial charge on any atom is -0.271 e. The molecular formula is C8H8BrF3N2. The quantitative estimate of drug-likeness (QED) is 0.639. The minimum absolute atomic E-state index is 0.0863. The monoisotopic (exact) mass is 268 g/mol. The van der Waals surface area contributed by atoms with Crippen molar-refractivity contribution in [3.8, 4) is 0 Å². The SMILES string of the molecule is NNC(c1ccc(Br)cc1)C(F)(F)F. The number of nitrogens with one attached hydrogen (secondary N) is 1. The van der Waals surface area contributed by atoms with Crippen LogP contribution in [-0.4, -0.2) is 6.18 Å². The molecular weight excluding hydrogens is 261 g/mol. The molecule has 78 valence electrons. The Balaban J connectivity index is 2.96. The topological polar surface area (TPSA) is 38.0 Å². The Labute approximate surface area is 87.4 Å². The van der Waals surface area contributed by atoms with Gasteiger partial charge in [0, 0.05) is 4.47 Å². The molecule has 0 aromatic heterocycles. The molecule has 0 saturated carbocycles. The molecule has 0 saturated heterocycles. The van der Waals surface area contributed by atoms with Gasteiger partial charge in [-0.2, -0.15) is 13.2 Å². The molecule has 0 aliphatic heterocycles. The normalized spacial score (nSPS) is 14.1. The first-order chi connectivity index (χ1) is 6.45. The highest BCUT2D eigenvalue weighted by atomic mass is 79.9. The van der Waals surface area contributed by atoms with Crippen LogP contribution in [0.1, 0.15) is 11.6 Å². The maximum absolute atomic E-state index is 12.4. The number of hydrazine groups is 1. The maximum Gasteiger partial charge on any atom is 0.409 e. The van der Waals surface area contributed by atoms with Gasteiger partial charge in [0.1, 0.15) is 6.04 Å². The van der Waals surface area contributed by atoms with Crippen LogP contribution in [0.2, 0.25) is 0 Å². The molecule has 1 atom stereocenters. The minimum atomic E-state index is -4.39. The Morgan fingerprint density at radius 3 is 2.07 bits per heavy atom. The Morgan fingerprint density at radius 2 is 1.71 bits per heavy atom. The highest BCUT2D eigenvalue weighted by Crippen LogP contribution is 2.32.